The second kappa shape index (κ2) is 10.5. The summed E-state index contributed by atoms with van der Waals surface area (Å²) in [7, 11) is 3.06. The predicted octanol–water partition coefficient (Wildman–Crippen LogP) is 4.21. The van der Waals surface area contributed by atoms with Crippen molar-refractivity contribution in [1.82, 2.24) is 0 Å². The van der Waals surface area contributed by atoms with E-state index in [0.29, 0.717) is 35.2 Å². The van der Waals surface area contributed by atoms with Crippen LogP contribution in [0, 0.1) is 11.8 Å². The van der Waals surface area contributed by atoms with E-state index in [1.807, 2.05) is 48.5 Å². The zero-order valence-electron chi connectivity index (χ0n) is 20.1. The molecule has 36 heavy (non-hydrogen) atoms. The quantitative estimate of drug-likeness (QED) is 0.444. The zero-order valence-corrected chi connectivity index (χ0v) is 20.1. The lowest BCUT2D eigenvalue weighted by atomic mass is 9.81. The molecule has 2 aliphatic rings. The van der Waals surface area contributed by atoms with E-state index in [0.717, 1.165) is 11.1 Å². The number of benzene rings is 3. The Morgan fingerprint density at radius 3 is 2.42 bits per heavy atom. The summed E-state index contributed by atoms with van der Waals surface area (Å²) in [6, 6.07) is 20.5. The van der Waals surface area contributed by atoms with E-state index in [1.165, 1.54) is 7.11 Å². The Balaban J connectivity index is 1.47. The molecule has 0 amide bonds. The van der Waals surface area contributed by atoms with E-state index < -0.39 is 30.0 Å². The highest BCUT2D eigenvalue weighted by Gasteiger charge is 2.47. The number of carbonyl (C=O) groups excluding carboxylic acids is 1. The molecular weight excluding hydrogens is 464 g/mol. The number of fused-ring (bicyclic) bond motifs is 1. The second-order valence-electron chi connectivity index (χ2n) is 8.71. The first-order valence-corrected chi connectivity index (χ1v) is 11.7. The van der Waals surface area contributed by atoms with Crippen LogP contribution in [0.2, 0.25) is 0 Å². The molecule has 4 atom stereocenters. The number of esters is 1. The summed E-state index contributed by atoms with van der Waals surface area (Å²) in [5, 5.41) is 11.4. The van der Waals surface area contributed by atoms with Crippen molar-refractivity contribution in [1.29, 1.82) is 0 Å². The molecule has 0 aromatic heterocycles. The Kier molecular flexibility index (Phi) is 6.97. The number of aliphatic hydroxyl groups excluding tert-OH is 1. The average molecular weight is 493 g/mol. The van der Waals surface area contributed by atoms with Crippen LogP contribution in [-0.2, 0) is 20.9 Å². The molecule has 3 aromatic rings. The third kappa shape index (κ3) is 4.69. The van der Waals surface area contributed by atoms with E-state index in [1.54, 1.807) is 25.3 Å². The van der Waals surface area contributed by atoms with Gasteiger partial charge in [-0.1, -0.05) is 42.5 Å². The van der Waals surface area contributed by atoms with Gasteiger partial charge in [0.2, 0.25) is 6.79 Å². The number of rotatable bonds is 9. The van der Waals surface area contributed by atoms with Crippen LogP contribution in [-0.4, -0.2) is 38.7 Å². The summed E-state index contributed by atoms with van der Waals surface area (Å²) in [6.07, 6.45) is -1.69. The molecule has 0 bridgehead atoms. The molecule has 3 aromatic carbocycles. The van der Waals surface area contributed by atoms with Crippen LogP contribution < -0.4 is 18.9 Å². The number of hydrogen-bond acceptors (Lipinski definition) is 8. The molecule has 1 fully saturated rings. The van der Waals surface area contributed by atoms with E-state index in [9.17, 15) is 9.90 Å². The van der Waals surface area contributed by atoms with Crippen molar-refractivity contribution in [3.8, 4) is 23.0 Å². The Bertz CT molecular complexity index is 1210. The fraction of sp³-hybridized carbons (Fsp3) is 0.321. The number of aliphatic hydroxyl groups is 1. The smallest absolute Gasteiger partial charge is 0.312 e. The van der Waals surface area contributed by atoms with Crippen LogP contribution in [0.3, 0.4) is 0 Å². The van der Waals surface area contributed by atoms with Crippen molar-refractivity contribution >= 4 is 5.97 Å². The van der Waals surface area contributed by atoms with Gasteiger partial charge in [-0.05, 0) is 41.0 Å². The van der Waals surface area contributed by atoms with E-state index in [2.05, 4.69) is 0 Å². The van der Waals surface area contributed by atoms with Crippen LogP contribution >= 0.6 is 0 Å². The fourth-order valence-corrected chi connectivity index (χ4v) is 4.75. The molecule has 1 N–H and O–H groups in total. The predicted molar refractivity (Wildman–Crippen MR) is 129 cm³/mol. The molecule has 2 aliphatic heterocycles. The minimum atomic E-state index is -1.14. The summed E-state index contributed by atoms with van der Waals surface area (Å²) in [5.41, 5.74) is 2.32. The third-order valence-electron chi connectivity index (χ3n) is 6.63. The zero-order chi connectivity index (χ0) is 25.1. The third-order valence-corrected chi connectivity index (χ3v) is 6.63. The molecule has 8 nitrogen and oxygen atoms in total. The highest BCUT2D eigenvalue weighted by molar-refractivity contribution is 5.76. The van der Waals surface area contributed by atoms with Gasteiger partial charge in [0.05, 0.1) is 45.6 Å². The first-order valence-electron chi connectivity index (χ1n) is 11.7. The summed E-state index contributed by atoms with van der Waals surface area (Å²) in [4.78, 5) is 12.9. The maximum absolute atomic E-state index is 12.9. The number of carbonyl (C=O) groups is 1. The van der Waals surface area contributed by atoms with E-state index in [4.69, 9.17) is 28.4 Å². The van der Waals surface area contributed by atoms with Crippen LogP contribution in [0.5, 0.6) is 23.0 Å². The monoisotopic (exact) mass is 492 g/mol. The second-order valence-corrected chi connectivity index (χ2v) is 8.71. The van der Waals surface area contributed by atoms with Crippen molar-refractivity contribution in [2.24, 2.45) is 11.8 Å². The van der Waals surface area contributed by atoms with Gasteiger partial charge in [-0.15, -0.1) is 0 Å². The van der Waals surface area contributed by atoms with Gasteiger partial charge in [0.15, 0.2) is 23.0 Å². The molecule has 1 saturated heterocycles. The summed E-state index contributed by atoms with van der Waals surface area (Å²) in [6.45, 7) is 0.589. The number of cyclic esters (lactones) is 1. The SMILES string of the molecule is COc1ccc(C(O)[C@H]2C(=O)OC[C@@H]2[C@H](OCc2ccccc2)c2ccc3c(c2)OCO3)cc1OC. The lowest BCUT2D eigenvalue weighted by Crippen LogP contribution is -2.29. The standard InChI is InChI=1S/C28H28O8/c1-31-21-10-8-18(12-23(21)32-2)26(29)25-20(15-34-28(25)30)27(33-14-17-6-4-3-5-7-17)19-9-11-22-24(13-19)36-16-35-22/h3-13,20,25-27,29H,14-16H2,1-2H3/t20-,25-,26?,27+/m0/s1. The molecule has 1 unspecified atom stereocenters. The van der Waals surface area contributed by atoms with Gasteiger partial charge >= 0.3 is 5.97 Å². The van der Waals surface area contributed by atoms with Crippen LogP contribution in [0.1, 0.15) is 28.9 Å². The molecular formula is C28H28O8. The molecule has 0 saturated carbocycles. The van der Waals surface area contributed by atoms with Crippen molar-refractivity contribution in [3.05, 3.63) is 83.4 Å². The van der Waals surface area contributed by atoms with Crippen LogP contribution in [0.15, 0.2) is 66.7 Å². The number of ether oxygens (including phenoxy) is 6. The van der Waals surface area contributed by atoms with Gasteiger partial charge in [0.1, 0.15) is 0 Å². The highest BCUT2D eigenvalue weighted by Crippen LogP contribution is 2.45. The maximum Gasteiger partial charge on any atom is 0.312 e. The maximum atomic E-state index is 12.9. The number of hydrogen-bond donors (Lipinski definition) is 1. The minimum Gasteiger partial charge on any atom is -0.493 e. The molecule has 188 valence electrons. The Hall–Kier alpha value is -3.75. The fourth-order valence-electron chi connectivity index (χ4n) is 4.75. The van der Waals surface area contributed by atoms with Crippen LogP contribution in [0.4, 0.5) is 0 Å². The first-order chi connectivity index (χ1) is 17.6. The summed E-state index contributed by atoms with van der Waals surface area (Å²) >= 11 is 0. The van der Waals surface area contributed by atoms with E-state index in [-0.39, 0.29) is 13.4 Å². The first kappa shape index (κ1) is 24.0. The van der Waals surface area contributed by atoms with Gasteiger partial charge in [-0.25, -0.2) is 0 Å². The van der Waals surface area contributed by atoms with Gasteiger partial charge in [0.25, 0.3) is 0 Å². The van der Waals surface area contributed by atoms with Gasteiger partial charge in [0, 0.05) is 5.92 Å². The molecule has 0 radical (unpaired) electrons. The molecule has 8 heteroatoms. The van der Waals surface area contributed by atoms with Crippen molar-refractivity contribution < 1.29 is 38.3 Å². The van der Waals surface area contributed by atoms with Crippen LogP contribution in [0.25, 0.3) is 0 Å². The summed E-state index contributed by atoms with van der Waals surface area (Å²) in [5.74, 6) is 0.479. The van der Waals surface area contributed by atoms with Crippen molar-refractivity contribution in [2.75, 3.05) is 27.6 Å². The number of methoxy groups -OCH3 is 2. The normalized spacial score (nSPS) is 20.0. The van der Waals surface area contributed by atoms with Crippen molar-refractivity contribution in [3.63, 3.8) is 0 Å². The lowest BCUT2D eigenvalue weighted by molar-refractivity contribution is -0.144. The lowest BCUT2D eigenvalue weighted by Gasteiger charge is -2.29. The average Bonchev–Trinajstić information content (AvgIpc) is 3.54. The van der Waals surface area contributed by atoms with E-state index >= 15 is 0 Å². The van der Waals surface area contributed by atoms with Gasteiger partial charge < -0.3 is 33.5 Å². The largest absolute Gasteiger partial charge is 0.493 e. The Morgan fingerprint density at radius 1 is 0.889 bits per heavy atom. The highest BCUT2D eigenvalue weighted by atomic mass is 16.7. The minimum absolute atomic E-state index is 0.113. The Labute approximate surface area is 209 Å². The molecule has 0 aliphatic carbocycles. The topological polar surface area (TPSA) is 92.7 Å². The van der Waals surface area contributed by atoms with Gasteiger partial charge in [-0.2, -0.15) is 0 Å². The van der Waals surface area contributed by atoms with Crippen molar-refractivity contribution in [2.45, 2.75) is 18.8 Å². The molecule has 2 heterocycles. The molecule has 0 spiro atoms. The Morgan fingerprint density at radius 2 is 1.64 bits per heavy atom. The molecule has 5 rings (SSSR count). The van der Waals surface area contributed by atoms with Gasteiger partial charge in [-0.3, -0.25) is 4.79 Å². The summed E-state index contributed by atoms with van der Waals surface area (Å²) < 4.78 is 33.6.